The van der Waals surface area contributed by atoms with E-state index in [2.05, 4.69) is 12.2 Å². The van der Waals surface area contributed by atoms with Gasteiger partial charge in [0.15, 0.2) is 6.54 Å². The van der Waals surface area contributed by atoms with E-state index in [4.69, 9.17) is 23.2 Å². The van der Waals surface area contributed by atoms with Gasteiger partial charge in [-0.1, -0.05) is 36.5 Å². The summed E-state index contributed by atoms with van der Waals surface area (Å²) in [5.74, 6) is 0.0155. The van der Waals surface area contributed by atoms with E-state index in [0.717, 1.165) is 17.7 Å². The normalized spacial score (nSPS) is 17.8. The SMILES string of the molecule is CCC[C@@H](C)NC(=O)C[NH+]1CCN(S(=O)(=O)c2ccc(Cl)c(Cl)c2)CC1. The summed E-state index contributed by atoms with van der Waals surface area (Å²) >= 11 is 11.8. The number of carbonyl (C=O) groups is 1. The molecule has 2 N–H and O–H groups in total. The maximum absolute atomic E-state index is 12.7. The molecule has 9 heteroatoms. The summed E-state index contributed by atoms with van der Waals surface area (Å²) in [7, 11) is -3.60. The first-order valence-corrected chi connectivity index (χ1v) is 11.0. The van der Waals surface area contributed by atoms with Crippen LogP contribution >= 0.6 is 23.2 Å². The highest BCUT2D eigenvalue weighted by molar-refractivity contribution is 7.89. The van der Waals surface area contributed by atoms with E-state index in [-0.39, 0.29) is 21.9 Å². The molecule has 1 aromatic carbocycles. The van der Waals surface area contributed by atoms with Crippen molar-refractivity contribution in [1.29, 1.82) is 0 Å². The van der Waals surface area contributed by atoms with Crippen molar-refractivity contribution in [3.8, 4) is 0 Å². The van der Waals surface area contributed by atoms with Crippen LogP contribution in [0.1, 0.15) is 26.7 Å². The molecule has 1 heterocycles. The van der Waals surface area contributed by atoms with Gasteiger partial charge in [-0.2, -0.15) is 4.31 Å². The van der Waals surface area contributed by atoms with Crippen LogP contribution in [0, 0.1) is 0 Å². The third-order valence-electron chi connectivity index (χ3n) is 4.50. The summed E-state index contributed by atoms with van der Waals surface area (Å²) in [6.07, 6.45) is 1.98. The molecule has 1 aromatic rings. The molecule has 0 radical (unpaired) electrons. The summed E-state index contributed by atoms with van der Waals surface area (Å²) in [6, 6.07) is 4.50. The predicted molar refractivity (Wildman–Crippen MR) is 103 cm³/mol. The van der Waals surface area contributed by atoms with Crippen molar-refractivity contribution in [2.45, 2.75) is 37.6 Å². The zero-order valence-electron chi connectivity index (χ0n) is 15.1. The lowest BCUT2D eigenvalue weighted by molar-refractivity contribution is -0.895. The maximum atomic E-state index is 12.7. The fraction of sp³-hybridized carbons (Fsp3) is 0.588. The topological polar surface area (TPSA) is 70.9 Å². The first-order chi connectivity index (χ1) is 12.2. The lowest BCUT2D eigenvalue weighted by Crippen LogP contribution is -3.15. The highest BCUT2D eigenvalue weighted by Crippen LogP contribution is 2.26. The Hall–Kier alpha value is -0.860. The minimum atomic E-state index is -3.60. The van der Waals surface area contributed by atoms with Gasteiger partial charge in [0.25, 0.3) is 5.91 Å². The zero-order valence-corrected chi connectivity index (χ0v) is 17.4. The van der Waals surface area contributed by atoms with Crippen molar-refractivity contribution in [1.82, 2.24) is 9.62 Å². The van der Waals surface area contributed by atoms with Gasteiger partial charge < -0.3 is 10.2 Å². The van der Waals surface area contributed by atoms with Crippen molar-refractivity contribution in [3.63, 3.8) is 0 Å². The summed E-state index contributed by atoms with van der Waals surface area (Å²) in [5, 5.41) is 3.53. The second-order valence-electron chi connectivity index (χ2n) is 6.66. The highest BCUT2D eigenvalue weighted by atomic mass is 35.5. The van der Waals surface area contributed by atoms with E-state index in [0.29, 0.717) is 37.7 Å². The number of benzene rings is 1. The van der Waals surface area contributed by atoms with Gasteiger partial charge in [-0.05, 0) is 31.5 Å². The van der Waals surface area contributed by atoms with Crippen LogP contribution < -0.4 is 10.2 Å². The van der Waals surface area contributed by atoms with Crippen LogP contribution in [0.5, 0.6) is 0 Å². The number of hydrogen-bond donors (Lipinski definition) is 2. The fourth-order valence-electron chi connectivity index (χ4n) is 3.06. The number of nitrogens with zero attached hydrogens (tertiary/aromatic N) is 1. The Labute approximate surface area is 165 Å². The molecule has 1 aliphatic rings. The molecule has 1 amide bonds. The third-order valence-corrected chi connectivity index (χ3v) is 7.13. The number of sulfonamides is 1. The average molecular weight is 423 g/mol. The molecular weight excluding hydrogens is 397 g/mol. The van der Waals surface area contributed by atoms with Gasteiger partial charge >= 0.3 is 0 Å². The molecule has 0 saturated carbocycles. The van der Waals surface area contributed by atoms with Gasteiger partial charge in [0, 0.05) is 6.04 Å². The van der Waals surface area contributed by atoms with Crippen LogP contribution in [0.4, 0.5) is 0 Å². The molecule has 0 spiro atoms. The van der Waals surface area contributed by atoms with Gasteiger partial charge in [0.1, 0.15) is 0 Å². The predicted octanol–water partition coefficient (Wildman–Crippen LogP) is 1.19. The van der Waals surface area contributed by atoms with Crippen LogP contribution in [0.15, 0.2) is 23.1 Å². The fourth-order valence-corrected chi connectivity index (χ4v) is 4.90. The van der Waals surface area contributed by atoms with E-state index in [1.54, 1.807) is 0 Å². The van der Waals surface area contributed by atoms with Crippen LogP contribution in [0.25, 0.3) is 0 Å². The molecule has 6 nitrogen and oxygen atoms in total. The van der Waals surface area contributed by atoms with Crippen molar-refractivity contribution in [2.24, 2.45) is 0 Å². The van der Waals surface area contributed by atoms with E-state index in [9.17, 15) is 13.2 Å². The molecule has 1 atom stereocenters. The standard InChI is InChI=1S/C17H25Cl2N3O3S/c1-3-4-13(2)20-17(23)12-21-7-9-22(10-8-21)26(24,25)14-5-6-15(18)16(19)11-14/h5-6,11,13H,3-4,7-10,12H2,1-2H3,(H,20,23)/p+1/t13-/m1/s1. The van der Waals surface area contributed by atoms with Gasteiger partial charge in [0.05, 0.1) is 41.1 Å². The van der Waals surface area contributed by atoms with Crippen LogP contribution in [0.2, 0.25) is 10.0 Å². The number of carbonyl (C=O) groups excluding carboxylic acids is 1. The maximum Gasteiger partial charge on any atom is 0.275 e. The highest BCUT2D eigenvalue weighted by Gasteiger charge is 2.31. The number of nitrogens with one attached hydrogen (secondary N) is 2. The molecule has 0 bridgehead atoms. The van der Waals surface area contributed by atoms with Crippen LogP contribution in [-0.2, 0) is 14.8 Å². The molecular formula is C17H26Cl2N3O3S+. The van der Waals surface area contributed by atoms with Gasteiger partial charge in [-0.15, -0.1) is 0 Å². The Kier molecular flexibility index (Phi) is 7.73. The minimum absolute atomic E-state index is 0.0155. The Morgan fingerprint density at radius 2 is 1.92 bits per heavy atom. The third kappa shape index (κ3) is 5.57. The van der Waals surface area contributed by atoms with Crippen molar-refractivity contribution in [2.75, 3.05) is 32.7 Å². The first-order valence-electron chi connectivity index (χ1n) is 8.82. The molecule has 0 aromatic heterocycles. The first kappa shape index (κ1) is 21.4. The molecule has 1 saturated heterocycles. The Bertz CT molecular complexity index is 735. The number of amides is 1. The second kappa shape index (κ2) is 9.37. The van der Waals surface area contributed by atoms with Crippen LogP contribution in [0.3, 0.4) is 0 Å². The van der Waals surface area contributed by atoms with E-state index >= 15 is 0 Å². The number of hydrogen-bond acceptors (Lipinski definition) is 3. The summed E-state index contributed by atoms with van der Waals surface area (Å²) in [5.41, 5.74) is 0. The van der Waals surface area contributed by atoms with E-state index in [1.807, 2.05) is 6.92 Å². The lowest BCUT2D eigenvalue weighted by atomic mass is 10.2. The van der Waals surface area contributed by atoms with Crippen molar-refractivity contribution < 1.29 is 18.1 Å². The largest absolute Gasteiger partial charge is 0.349 e. The molecule has 2 rings (SSSR count). The Balaban J connectivity index is 1.91. The molecule has 26 heavy (non-hydrogen) atoms. The molecule has 0 aliphatic carbocycles. The van der Waals surface area contributed by atoms with Crippen molar-refractivity contribution >= 4 is 39.1 Å². The van der Waals surface area contributed by atoms with E-state index < -0.39 is 10.0 Å². The average Bonchev–Trinajstić information content (AvgIpc) is 2.57. The number of rotatable bonds is 7. The molecule has 146 valence electrons. The Morgan fingerprint density at radius 3 is 2.50 bits per heavy atom. The van der Waals surface area contributed by atoms with E-state index in [1.165, 1.54) is 22.5 Å². The summed E-state index contributed by atoms with van der Waals surface area (Å²) in [4.78, 5) is 13.3. The molecule has 0 unspecified atom stereocenters. The van der Waals surface area contributed by atoms with Crippen molar-refractivity contribution in [3.05, 3.63) is 28.2 Å². The van der Waals surface area contributed by atoms with Gasteiger partial charge in [-0.3, -0.25) is 4.79 Å². The monoisotopic (exact) mass is 422 g/mol. The summed E-state index contributed by atoms with van der Waals surface area (Å²) < 4.78 is 26.9. The van der Waals surface area contributed by atoms with Crippen LogP contribution in [-0.4, -0.2) is 57.4 Å². The smallest absolute Gasteiger partial charge is 0.275 e. The number of piperazine rings is 1. The van der Waals surface area contributed by atoms with Gasteiger partial charge in [0.2, 0.25) is 10.0 Å². The molecule has 1 fully saturated rings. The molecule has 1 aliphatic heterocycles. The zero-order chi connectivity index (χ0) is 19.3. The second-order valence-corrected chi connectivity index (χ2v) is 9.42. The van der Waals surface area contributed by atoms with Gasteiger partial charge in [-0.25, -0.2) is 8.42 Å². The quantitative estimate of drug-likeness (QED) is 0.692. The number of halogens is 2. The Morgan fingerprint density at radius 1 is 1.27 bits per heavy atom. The lowest BCUT2D eigenvalue weighted by Gasteiger charge is -2.31. The minimum Gasteiger partial charge on any atom is -0.349 e. The summed E-state index contributed by atoms with van der Waals surface area (Å²) in [6.45, 7) is 6.38. The number of quaternary nitrogens is 1.